The summed E-state index contributed by atoms with van der Waals surface area (Å²) in [6.07, 6.45) is 1.02. The number of benzene rings is 1. The minimum Gasteiger partial charge on any atom is -0.469 e. The standard InChI is InChI=1S/C17H21N3O6/c1-19-11-6-7-13(19)15(16(21)25-2)14(9-11)26-17(22)18-10-4-3-5-12(8-10)20(23)24/h3-5,8,11,13-15H,6-7,9H2,1-2H3,(H,18,22)/t11-,13?,14+,15?/m1/s1. The summed E-state index contributed by atoms with van der Waals surface area (Å²) < 4.78 is 10.4. The third kappa shape index (κ3) is 3.48. The van der Waals surface area contributed by atoms with Crippen LogP contribution in [-0.4, -0.2) is 54.2 Å². The van der Waals surface area contributed by atoms with Crippen molar-refractivity contribution in [1.82, 2.24) is 4.90 Å². The van der Waals surface area contributed by atoms with Crippen LogP contribution >= 0.6 is 0 Å². The molecule has 9 heteroatoms. The van der Waals surface area contributed by atoms with Gasteiger partial charge in [0.05, 0.1) is 17.7 Å². The van der Waals surface area contributed by atoms with Gasteiger partial charge < -0.3 is 9.47 Å². The summed E-state index contributed by atoms with van der Waals surface area (Å²) in [5.41, 5.74) is 0.127. The number of amides is 1. The second kappa shape index (κ2) is 7.28. The van der Waals surface area contributed by atoms with Crippen molar-refractivity contribution in [2.24, 2.45) is 5.92 Å². The first-order chi connectivity index (χ1) is 12.4. The topological polar surface area (TPSA) is 111 Å². The van der Waals surface area contributed by atoms with Gasteiger partial charge in [-0.15, -0.1) is 0 Å². The van der Waals surface area contributed by atoms with E-state index in [1.807, 2.05) is 7.05 Å². The molecule has 2 bridgehead atoms. The van der Waals surface area contributed by atoms with Gasteiger partial charge in [0, 0.05) is 30.6 Å². The lowest BCUT2D eigenvalue weighted by Crippen LogP contribution is -2.53. The molecule has 1 aromatic carbocycles. The highest BCUT2D eigenvalue weighted by Gasteiger charge is 2.51. The van der Waals surface area contributed by atoms with E-state index in [1.165, 1.54) is 31.4 Å². The number of nitrogens with one attached hydrogen (secondary N) is 1. The Hall–Kier alpha value is -2.68. The molecule has 0 aromatic heterocycles. The molecule has 0 aliphatic carbocycles. The van der Waals surface area contributed by atoms with Crippen molar-refractivity contribution in [2.45, 2.75) is 37.5 Å². The lowest BCUT2D eigenvalue weighted by molar-refractivity contribution is -0.384. The van der Waals surface area contributed by atoms with E-state index in [4.69, 9.17) is 9.47 Å². The average Bonchev–Trinajstić information content (AvgIpc) is 2.85. The highest BCUT2D eigenvalue weighted by molar-refractivity contribution is 5.85. The minimum atomic E-state index is -0.742. The molecule has 2 fully saturated rings. The summed E-state index contributed by atoms with van der Waals surface area (Å²) in [6, 6.07) is 5.83. The number of carbonyl (C=O) groups excluding carboxylic acids is 2. The third-order valence-electron chi connectivity index (χ3n) is 5.25. The number of hydrogen-bond donors (Lipinski definition) is 1. The van der Waals surface area contributed by atoms with E-state index in [0.717, 1.165) is 12.8 Å². The molecule has 2 saturated heterocycles. The normalized spacial score (nSPS) is 27.6. The van der Waals surface area contributed by atoms with E-state index in [0.29, 0.717) is 6.42 Å². The number of non-ortho nitro benzene ring substituents is 1. The number of fused-ring (bicyclic) bond motifs is 2. The van der Waals surface area contributed by atoms with Crippen molar-refractivity contribution in [3.63, 3.8) is 0 Å². The summed E-state index contributed by atoms with van der Waals surface area (Å²) in [4.78, 5) is 36.9. The Kier molecular flexibility index (Phi) is 5.08. The van der Waals surface area contributed by atoms with Gasteiger partial charge in [0.1, 0.15) is 12.0 Å². The number of rotatable bonds is 4. The molecular weight excluding hydrogens is 342 g/mol. The van der Waals surface area contributed by atoms with Crippen LogP contribution < -0.4 is 5.32 Å². The number of piperidine rings is 1. The number of anilines is 1. The van der Waals surface area contributed by atoms with Crippen LogP contribution in [-0.2, 0) is 14.3 Å². The van der Waals surface area contributed by atoms with Crippen LogP contribution in [0.3, 0.4) is 0 Å². The molecular formula is C17H21N3O6. The quantitative estimate of drug-likeness (QED) is 0.496. The summed E-state index contributed by atoms with van der Waals surface area (Å²) in [5, 5.41) is 13.3. The summed E-state index contributed by atoms with van der Waals surface area (Å²) in [6.45, 7) is 0. The zero-order valence-electron chi connectivity index (χ0n) is 14.6. The van der Waals surface area contributed by atoms with Crippen LogP contribution in [0.5, 0.6) is 0 Å². The van der Waals surface area contributed by atoms with Gasteiger partial charge in [-0.1, -0.05) is 6.07 Å². The number of hydrogen-bond acceptors (Lipinski definition) is 7. The predicted molar refractivity (Wildman–Crippen MR) is 91.7 cm³/mol. The molecule has 140 valence electrons. The monoisotopic (exact) mass is 363 g/mol. The Morgan fingerprint density at radius 3 is 2.81 bits per heavy atom. The minimum absolute atomic E-state index is 0.0168. The number of nitro groups is 1. The summed E-state index contributed by atoms with van der Waals surface area (Å²) in [7, 11) is 3.29. The lowest BCUT2D eigenvalue weighted by Gasteiger charge is -2.40. The predicted octanol–water partition coefficient (Wildman–Crippen LogP) is 2.17. The molecule has 1 N–H and O–H groups in total. The highest BCUT2D eigenvalue weighted by Crippen LogP contribution is 2.40. The molecule has 2 unspecified atom stereocenters. The number of methoxy groups -OCH3 is 1. The van der Waals surface area contributed by atoms with Gasteiger partial charge in [0.15, 0.2) is 0 Å². The van der Waals surface area contributed by atoms with Crippen LogP contribution in [0.4, 0.5) is 16.2 Å². The lowest BCUT2D eigenvalue weighted by atomic mass is 9.87. The van der Waals surface area contributed by atoms with Gasteiger partial charge in [-0.2, -0.15) is 0 Å². The Bertz CT molecular complexity index is 724. The van der Waals surface area contributed by atoms with E-state index < -0.39 is 29.0 Å². The Balaban J connectivity index is 1.70. The van der Waals surface area contributed by atoms with Crippen LogP contribution in [0.25, 0.3) is 0 Å². The molecule has 2 aliphatic heterocycles. The Morgan fingerprint density at radius 2 is 2.12 bits per heavy atom. The summed E-state index contributed by atoms with van der Waals surface area (Å²) >= 11 is 0. The average molecular weight is 363 g/mol. The number of carbonyl (C=O) groups is 2. The zero-order chi connectivity index (χ0) is 18.8. The fourth-order valence-electron chi connectivity index (χ4n) is 3.97. The molecule has 9 nitrogen and oxygen atoms in total. The molecule has 2 aliphatic rings. The van der Waals surface area contributed by atoms with E-state index in [1.54, 1.807) is 0 Å². The Labute approximate surface area is 150 Å². The van der Waals surface area contributed by atoms with Gasteiger partial charge in [-0.25, -0.2) is 4.79 Å². The molecule has 4 atom stereocenters. The van der Waals surface area contributed by atoms with Crippen LogP contribution in [0.2, 0.25) is 0 Å². The highest BCUT2D eigenvalue weighted by atomic mass is 16.6. The number of nitro benzene ring substituents is 1. The van der Waals surface area contributed by atoms with Crippen molar-refractivity contribution < 1.29 is 24.0 Å². The SMILES string of the molecule is COC(=O)C1C2CC[C@H](C[C@@H]1OC(=O)Nc1cccc([N+](=O)[O-])c1)N2C. The molecule has 0 spiro atoms. The van der Waals surface area contributed by atoms with Crippen LogP contribution in [0.15, 0.2) is 24.3 Å². The zero-order valence-corrected chi connectivity index (χ0v) is 14.6. The summed E-state index contributed by atoms with van der Waals surface area (Å²) in [5.74, 6) is -0.935. The van der Waals surface area contributed by atoms with E-state index in [2.05, 4.69) is 10.2 Å². The maximum absolute atomic E-state index is 12.3. The van der Waals surface area contributed by atoms with Crippen molar-refractivity contribution in [2.75, 3.05) is 19.5 Å². The first-order valence-electron chi connectivity index (χ1n) is 8.42. The third-order valence-corrected chi connectivity index (χ3v) is 5.25. The molecule has 0 radical (unpaired) electrons. The molecule has 1 amide bonds. The van der Waals surface area contributed by atoms with E-state index in [-0.39, 0.29) is 23.5 Å². The van der Waals surface area contributed by atoms with Crippen molar-refractivity contribution >= 4 is 23.4 Å². The largest absolute Gasteiger partial charge is 0.469 e. The molecule has 26 heavy (non-hydrogen) atoms. The molecule has 0 saturated carbocycles. The van der Waals surface area contributed by atoms with Gasteiger partial charge in [0.2, 0.25) is 0 Å². The van der Waals surface area contributed by atoms with Gasteiger partial charge >= 0.3 is 12.1 Å². The molecule has 1 aromatic rings. The first kappa shape index (κ1) is 18.1. The molecule has 2 heterocycles. The van der Waals surface area contributed by atoms with Crippen LogP contribution in [0, 0.1) is 16.0 Å². The van der Waals surface area contributed by atoms with Crippen molar-refractivity contribution in [3.05, 3.63) is 34.4 Å². The smallest absolute Gasteiger partial charge is 0.411 e. The van der Waals surface area contributed by atoms with E-state index >= 15 is 0 Å². The van der Waals surface area contributed by atoms with Crippen LogP contribution in [0.1, 0.15) is 19.3 Å². The fraction of sp³-hybridized carbons (Fsp3) is 0.529. The maximum atomic E-state index is 12.3. The number of ether oxygens (including phenoxy) is 2. The number of nitrogens with zero attached hydrogens (tertiary/aromatic N) is 2. The second-order valence-corrected chi connectivity index (χ2v) is 6.62. The van der Waals surface area contributed by atoms with E-state index in [9.17, 15) is 19.7 Å². The van der Waals surface area contributed by atoms with Crippen molar-refractivity contribution in [1.29, 1.82) is 0 Å². The van der Waals surface area contributed by atoms with Crippen molar-refractivity contribution in [3.8, 4) is 0 Å². The molecule has 3 rings (SSSR count). The number of esters is 1. The van der Waals surface area contributed by atoms with Gasteiger partial charge in [-0.05, 0) is 26.0 Å². The Morgan fingerprint density at radius 1 is 1.35 bits per heavy atom. The van der Waals surface area contributed by atoms with Gasteiger partial charge in [0.25, 0.3) is 5.69 Å². The van der Waals surface area contributed by atoms with Gasteiger partial charge in [-0.3, -0.25) is 25.1 Å². The maximum Gasteiger partial charge on any atom is 0.411 e. The first-order valence-corrected chi connectivity index (χ1v) is 8.42. The second-order valence-electron chi connectivity index (χ2n) is 6.62. The fourth-order valence-corrected chi connectivity index (χ4v) is 3.97.